The van der Waals surface area contributed by atoms with Crippen molar-refractivity contribution in [1.82, 2.24) is 34.9 Å². The van der Waals surface area contributed by atoms with Gasteiger partial charge in [-0.25, -0.2) is 4.98 Å². The number of aromatic nitrogens is 5. The molecule has 2 saturated heterocycles. The van der Waals surface area contributed by atoms with E-state index < -0.39 is 5.92 Å². The molecule has 3 amide bonds. The molecule has 1 unspecified atom stereocenters. The van der Waals surface area contributed by atoms with E-state index in [1.165, 1.54) is 11.6 Å². The fourth-order valence-electron chi connectivity index (χ4n) is 7.12. The van der Waals surface area contributed by atoms with Gasteiger partial charge in [0.05, 0.1) is 28.8 Å². The van der Waals surface area contributed by atoms with Gasteiger partial charge >= 0.3 is 0 Å². The summed E-state index contributed by atoms with van der Waals surface area (Å²) >= 11 is 6.55. The molecule has 15 nitrogen and oxygen atoms in total. The Morgan fingerprint density at radius 2 is 1.85 bits per heavy atom. The van der Waals surface area contributed by atoms with Crippen LogP contribution in [0.3, 0.4) is 0 Å². The number of carbonyl (C=O) groups excluding carboxylic acids is 3. The number of imide groups is 1. The van der Waals surface area contributed by atoms with Crippen molar-refractivity contribution in [2.24, 2.45) is 20.0 Å². The lowest BCUT2D eigenvalue weighted by atomic mass is 9.92. The molecule has 16 heteroatoms. The Hall–Kier alpha value is -5.70. The first-order valence-electron chi connectivity index (χ1n) is 17.5. The number of likely N-dealkylation sites (N-methyl/N-ethyl adjacent to an activating group) is 1. The molecule has 276 valence electrons. The van der Waals surface area contributed by atoms with Crippen LogP contribution in [0.4, 0.5) is 23.1 Å². The molecule has 5 aromatic rings. The summed E-state index contributed by atoms with van der Waals surface area (Å²) < 4.78 is 8.79. The average molecular weight is 741 g/mol. The molecule has 2 aromatic carbocycles. The lowest BCUT2D eigenvalue weighted by Gasteiger charge is -2.34. The van der Waals surface area contributed by atoms with Gasteiger partial charge in [0, 0.05) is 76.4 Å². The Morgan fingerprint density at radius 1 is 1.06 bits per heavy atom. The SMILES string of the molecule is CNC(=O)COc1cc2cc(Nc3nc(N4CCC(CN(C)c5ccc6c(C7CCC(=O)NC7=O)nn(C)c6c5)CC4)ncc3Cl)ccc2n(C)c1=O. The molecule has 2 aliphatic heterocycles. The standard InChI is InChI=1S/C37H41ClN10O5/c1-39-32(50)20-53-30-16-22-15-23(5-9-28(22)46(3)36(30)52)41-34-27(38)18-40-37(43-34)48-13-11-21(12-14-48)19-45(2)24-6-7-25-29(17-24)47(4)44-33(25)26-8-10-31(49)42-35(26)51/h5-7,9,15-18,21,26H,8,10-14,19-20H2,1-4H3,(H,39,50)(H,40,41,43)(H,42,49,51). The fourth-order valence-corrected chi connectivity index (χ4v) is 7.25. The molecule has 3 N–H and O–H groups in total. The molecule has 0 bridgehead atoms. The number of amides is 3. The lowest BCUT2D eigenvalue weighted by Crippen LogP contribution is -2.39. The fraction of sp³-hybridized carbons (Fsp3) is 0.378. The molecular weight excluding hydrogens is 700 g/mol. The third-order valence-corrected chi connectivity index (χ3v) is 10.4. The zero-order valence-electron chi connectivity index (χ0n) is 30.0. The summed E-state index contributed by atoms with van der Waals surface area (Å²) in [5.74, 6) is 0.296. The zero-order valence-corrected chi connectivity index (χ0v) is 30.7. The molecule has 0 saturated carbocycles. The van der Waals surface area contributed by atoms with Gasteiger partial charge in [0.15, 0.2) is 18.2 Å². The highest BCUT2D eigenvalue weighted by molar-refractivity contribution is 6.33. The van der Waals surface area contributed by atoms with Crippen molar-refractivity contribution in [2.45, 2.75) is 31.6 Å². The molecule has 53 heavy (non-hydrogen) atoms. The summed E-state index contributed by atoms with van der Waals surface area (Å²) in [6.07, 6.45) is 4.29. The number of hydrogen-bond acceptors (Lipinski definition) is 11. The molecule has 0 radical (unpaired) electrons. The number of carbonyl (C=O) groups is 3. The van der Waals surface area contributed by atoms with Gasteiger partial charge in [0.25, 0.3) is 11.5 Å². The summed E-state index contributed by atoms with van der Waals surface area (Å²) in [7, 11) is 7.13. The number of ether oxygens (including phenoxy) is 1. The van der Waals surface area contributed by atoms with Crippen molar-refractivity contribution in [2.75, 3.05) is 55.5 Å². The van der Waals surface area contributed by atoms with E-state index in [-0.39, 0.29) is 35.6 Å². The zero-order chi connectivity index (χ0) is 37.4. The van der Waals surface area contributed by atoms with Crippen molar-refractivity contribution >= 4 is 74.3 Å². The van der Waals surface area contributed by atoms with Crippen LogP contribution in [-0.2, 0) is 28.5 Å². The minimum Gasteiger partial charge on any atom is -0.478 e. The van der Waals surface area contributed by atoms with Crippen molar-refractivity contribution in [3.63, 3.8) is 0 Å². The molecule has 2 fully saturated rings. The number of fused-ring (bicyclic) bond motifs is 2. The summed E-state index contributed by atoms with van der Waals surface area (Å²) in [6.45, 7) is 2.19. The van der Waals surface area contributed by atoms with E-state index in [4.69, 9.17) is 21.3 Å². The Kier molecular flexibility index (Phi) is 9.92. The predicted molar refractivity (Wildman–Crippen MR) is 203 cm³/mol. The number of nitrogens with zero attached hydrogens (tertiary/aromatic N) is 7. The number of hydrogen-bond donors (Lipinski definition) is 3. The molecule has 0 aliphatic carbocycles. The van der Waals surface area contributed by atoms with Crippen LogP contribution in [0.1, 0.15) is 37.3 Å². The number of halogens is 1. The largest absolute Gasteiger partial charge is 0.478 e. The lowest BCUT2D eigenvalue weighted by molar-refractivity contribution is -0.134. The monoisotopic (exact) mass is 740 g/mol. The summed E-state index contributed by atoms with van der Waals surface area (Å²) in [5, 5.41) is 14.9. The number of benzene rings is 2. The molecule has 1 atom stereocenters. The summed E-state index contributed by atoms with van der Waals surface area (Å²) in [4.78, 5) is 62.4. The highest BCUT2D eigenvalue weighted by Crippen LogP contribution is 2.33. The van der Waals surface area contributed by atoms with Crippen LogP contribution in [0.25, 0.3) is 21.8 Å². The van der Waals surface area contributed by atoms with Crippen LogP contribution in [0, 0.1) is 5.92 Å². The van der Waals surface area contributed by atoms with Crippen molar-refractivity contribution in [3.05, 3.63) is 69.7 Å². The normalized spacial score (nSPS) is 16.5. The first-order valence-corrected chi connectivity index (χ1v) is 17.9. The Morgan fingerprint density at radius 3 is 2.60 bits per heavy atom. The van der Waals surface area contributed by atoms with Crippen LogP contribution in [0.15, 0.2) is 53.5 Å². The van der Waals surface area contributed by atoms with Gasteiger partial charge in [0.2, 0.25) is 17.8 Å². The molecule has 7 rings (SSSR count). The predicted octanol–water partition coefficient (Wildman–Crippen LogP) is 3.61. The average Bonchev–Trinajstić information content (AvgIpc) is 3.48. The van der Waals surface area contributed by atoms with Crippen molar-refractivity contribution < 1.29 is 19.1 Å². The van der Waals surface area contributed by atoms with Gasteiger partial charge < -0.3 is 29.7 Å². The quantitative estimate of drug-likeness (QED) is 0.179. The Bertz CT molecular complexity index is 2300. The van der Waals surface area contributed by atoms with Crippen LogP contribution in [-0.4, -0.2) is 82.4 Å². The van der Waals surface area contributed by atoms with Crippen LogP contribution < -0.4 is 36.0 Å². The summed E-state index contributed by atoms with van der Waals surface area (Å²) in [6, 6.07) is 13.4. The third kappa shape index (κ3) is 7.33. The van der Waals surface area contributed by atoms with E-state index in [2.05, 4.69) is 55.0 Å². The van der Waals surface area contributed by atoms with Gasteiger partial charge in [-0.2, -0.15) is 10.1 Å². The second-order valence-corrected chi connectivity index (χ2v) is 14.0. The van der Waals surface area contributed by atoms with E-state index in [1.807, 2.05) is 36.0 Å². The van der Waals surface area contributed by atoms with E-state index in [0.29, 0.717) is 52.4 Å². The maximum Gasteiger partial charge on any atom is 0.293 e. The Labute approximate surface area is 310 Å². The first kappa shape index (κ1) is 35.7. The minimum absolute atomic E-state index is 0.0767. The second-order valence-electron chi connectivity index (χ2n) is 13.6. The molecule has 0 spiro atoms. The topological polar surface area (TPSA) is 169 Å². The van der Waals surface area contributed by atoms with Gasteiger partial charge in [-0.05, 0) is 67.6 Å². The van der Waals surface area contributed by atoms with Gasteiger partial charge in [0.1, 0.15) is 5.02 Å². The van der Waals surface area contributed by atoms with E-state index >= 15 is 0 Å². The second kappa shape index (κ2) is 14.7. The molecule has 2 aliphatic rings. The van der Waals surface area contributed by atoms with Gasteiger partial charge in [-0.15, -0.1) is 0 Å². The maximum atomic E-state index is 12.8. The molecule has 3 aromatic heterocycles. The number of piperidine rings is 2. The Balaban J connectivity index is 0.992. The number of anilines is 4. The van der Waals surface area contributed by atoms with Gasteiger partial charge in [-0.1, -0.05) is 11.6 Å². The first-order chi connectivity index (χ1) is 25.5. The highest BCUT2D eigenvalue weighted by Gasteiger charge is 2.32. The number of nitrogens with one attached hydrogen (secondary N) is 3. The van der Waals surface area contributed by atoms with Crippen LogP contribution >= 0.6 is 11.6 Å². The number of rotatable bonds is 10. The van der Waals surface area contributed by atoms with Crippen LogP contribution in [0.5, 0.6) is 5.75 Å². The highest BCUT2D eigenvalue weighted by atomic mass is 35.5. The van der Waals surface area contributed by atoms with Crippen molar-refractivity contribution in [1.29, 1.82) is 0 Å². The van der Waals surface area contributed by atoms with Gasteiger partial charge in [-0.3, -0.25) is 29.2 Å². The smallest absolute Gasteiger partial charge is 0.293 e. The molecular formula is C37H41ClN10O5. The minimum atomic E-state index is -0.435. The van der Waals surface area contributed by atoms with E-state index in [0.717, 1.165) is 54.5 Å². The number of aryl methyl sites for hydroxylation is 2. The van der Waals surface area contributed by atoms with Crippen LogP contribution in [0.2, 0.25) is 5.02 Å². The maximum absolute atomic E-state index is 12.8. The third-order valence-electron chi connectivity index (χ3n) is 10.1. The number of pyridine rings is 1. The molecule has 5 heterocycles. The van der Waals surface area contributed by atoms with Crippen molar-refractivity contribution in [3.8, 4) is 5.75 Å². The summed E-state index contributed by atoms with van der Waals surface area (Å²) in [5.41, 5.74) is 3.79. The van der Waals surface area contributed by atoms with E-state index in [1.54, 1.807) is 19.3 Å². The van der Waals surface area contributed by atoms with E-state index in [9.17, 15) is 19.2 Å².